The Kier molecular flexibility index (Phi) is 4.73. The van der Waals surface area contributed by atoms with E-state index in [4.69, 9.17) is 9.47 Å². The molecule has 2 aliphatic heterocycles. The van der Waals surface area contributed by atoms with E-state index in [9.17, 15) is 0 Å². The predicted octanol–water partition coefficient (Wildman–Crippen LogP) is 4.23. The van der Waals surface area contributed by atoms with Gasteiger partial charge < -0.3 is 9.47 Å². The summed E-state index contributed by atoms with van der Waals surface area (Å²) < 4.78 is 13.3. The average Bonchev–Trinajstić information content (AvgIpc) is 3.31. The molecule has 0 saturated carbocycles. The standard InChI is InChI=1S/C25H25NO2/c1-4-10-20(11-5-1)16-17-26-18-23-24(19-26)28-25(27-23,21-12-6-2-7-13-21)22-14-8-3-9-15-22/h1-15,23-24H,16-19H2/t23-,24+. The Hall–Kier alpha value is -2.46. The van der Waals surface area contributed by atoms with E-state index in [1.54, 1.807) is 0 Å². The van der Waals surface area contributed by atoms with Crippen molar-refractivity contribution < 1.29 is 9.47 Å². The van der Waals surface area contributed by atoms with E-state index in [0.29, 0.717) is 0 Å². The number of rotatable bonds is 5. The van der Waals surface area contributed by atoms with Crippen LogP contribution in [-0.2, 0) is 21.7 Å². The highest BCUT2D eigenvalue weighted by atomic mass is 16.8. The molecule has 2 atom stereocenters. The van der Waals surface area contributed by atoms with E-state index >= 15 is 0 Å². The first-order chi connectivity index (χ1) is 13.8. The zero-order chi connectivity index (χ0) is 18.8. The van der Waals surface area contributed by atoms with Gasteiger partial charge in [0, 0.05) is 30.8 Å². The first kappa shape index (κ1) is 17.6. The Morgan fingerprint density at radius 3 is 1.64 bits per heavy atom. The van der Waals surface area contributed by atoms with E-state index in [1.165, 1.54) is 5.56 Å². The third-order valence-corrected chi connectivity index (χ3v) is 5.79. The second kappa shape index (κ2) is 7.51. The van der Waals surface area contributed by atoms with Crippen LogP contribution in [-0.4, -0.2) is 36.7 Å². The van der Waals surface area contributed by atoms with Crippen molar-refractivity contribution in [3.8, 4) is 0 Å². The molecule has 0 radical (unpaired) electrons. The van der Waals surface area contributed by atoms with Crippen molar-refractivity contribution in [3.63, 3.8) is 0 Å². The molecule has 142 valence electrons. The van der Waals surface area contributed by atoms with Gasteiger partial charge in [0.15, 0.2) is 0 Å². The highest BCUT2D eigenvalue weighted by molar-refractivity contribution is 5.35. The Morgan fingerprint density at radius 1 is 0.679 bits per heavy atom. The van der Waals surface area contributed by atoms with Crippen LogP contribution in [0.15, 0.2) is 91.0 Å². The van der Waals surface area contributed by atoms with Crippen molar-refractivity contribution in [2.24, 2.45) is 0 Å². The lowest BCUT2D eigenvalue weighted by atomic mass is 9.97. The summed E-state index contributed by atoms with van der Waals surface area (Å²) in [6.07, 6.45) is 1.25. The minimum atomic E-state index is -0.802. The second-order valence-corrected chi connectivity index (χ2v) is 7.66. The lowest BCUT2D eigenvalue weighted by Gasteiger charge is -2.31. The Morgan fingerprint density at radius 2 is 1.14 bits per heavy atom. The normalized spacial score (nSPS) is 23.6. The maximum Gasteiger partial charge on any atom is 0.223 e. The summed E-state index contributed by atoms with van der Waals surface area (Å²) in [6.45, 7) is 2.87. The summed E-state index contributed by atoms with van der Waals surface area (Å²) in [5.74, 6) is -0.802. The summed E-state index contributed by atoms with van der Waals surface area (Å²) >= 11 is 0. The van der Waals surface area contributed by atoms with E-state index in [-0.39, 0.29) is 12.2 Å². The average molecular weight is 371 g/mol. The molecule has 0 aliphatic carbocycles. The fourth-order valence-electron chi connectivity index (χ4n) is 4.37. The molecule has 3 aromatic carbocycles. The van der Waals surface area contributed by atoms with E-state index in [0.717, 1.165) is 37.2 Å². The minimum Gasteiger partial charge on any atom is -0.335 e. The molecule has 2 fully saturated rings. The number of hydrogen-bond acceptors (Lipinski definition) is 3. The number of likely N-dealkylation sites (tertiary alicyclic amines) is 1. The van der Waals surface area contributed by atoms with Gasteiger partial charge >= 0.3 is 0 Å². The molecule has 28 heavy (non-hydrogen) atoms. The number of fused-ring (bicyclic) bond motifs is 1. The molecule has 0 N–H and O–H groups in total. The second-order valence-electron chi connectivity index (χ2n) is 7.66. The van der Waals surface area contributed by atoms with Crippen molar-refractivity contribution in [2.75, 3.05) is 19.6 Å². The maximum atomic E-state index is 6.66. The van der Waals surface area contributed by atoms with Gasteiger partial charge in [0.2, 0.25) is 5.79 Å². The number of hydrogen-bond donors (Lipinski definition) is 0. The van der Waals surface area contributed by atoms with Gasteiger partial charge in [0.1, 0.15) is 12.2 Å². The molecular weight excluding hydrogens is 346 g/mol. The van der Waals surface area contributed by atoms with Crippen LogP contribution in [0.1, 0.15) is 16.7 Å². The summed E-state index contributed by atoms with van der Waals surface area (Å²) in [4.78, 5) is 2.46. The molecule has 3 heteroatoms. The Bertz CT molecular complexity index is 842. The first-order valence-electron chi connectivity index (χ1n) is 10.1. The molecule has 3 nitrogen and oxygen atoms in total. The van der Waals surface area contributed by atoms with Gasteiger partial charge in [0.25, 0.3) is 0 Å². The zero-order valence-corrected chi connectivity index (χ0v) is 15.9. The molecular formula is C25H25NO2. The smallest absolute Gasteiger partial charge is 0.223 e. The molecule has 2 aliphatic rings. The molecule has 0 unspecified atom stereocenters. The van der Waals surface area contributed by atoms with Gasteiger partial charge in [-0.25, -0.2) is 0 Å². The van der Waals surface area contributed by atoms with Crippen LogP contribution in [0.2, 0.25) is 0 Å². The molecule has 5 rings (SSSR count). The number of nitrogens with zero attached hydrogens (tertiary/aromatic N) is 1. The van der Waals surface area contributed by atoms with E-state index in [2.05, 4.69) is 59.5 Å². The van der Waals surface area contributed by atoms with Gasteiger partial charge in [-0.05, 0) is 12.0 Å². The van der Waals surface area contributed by atoms with E-state index < -0.39 is 5.79 Å². The topological polar surface area (TPSA) is 21.7 Å². The lowest BCUT2D eigenvalue weighted by Crippen LogP contribution is -2.34. The van der Waals surface area contributed by atoms with Crippen LogP contribution in [0.3, 0.4) is 0 Å². The molecule has 3 aromatic rings. The zero-order valence-electron chi connectivity index (χ0n) is 15.9. The van der Waals surface area contributed by atoms with Crippen LogP contribution in [0.4, 0.5) is 0 Å². The molecule has 0 bridgehead atoms. The van der Waals surface area contributed by atoms with Gasteiger partial charge in [-0.3, -0.25) is 4.90 Å². The monoisotopic (exact) mass is 371 g/mol. The third-order valence-electron chi connectivity index (χ3n) is 5.79. The van der Waals surface area contributed by atoms with Crippen LogP contribution < -0.4 is 0 Å². The van der Waals surface area contributed by atoms with Crippen molar-refractivity contribution in [3.05, 3.63) is 108 Å². The molecule has 2 saturated heterocycles. The van der Waals surface area contributed by atoms with Gasteiger partial charge in [0.05, 0.1) is 0 Å². The number of ether oxygens (including phenoxy) is 2. The van der Waals surface area contributed by atoms with Gasteiger partial charge in [-0.15, -0.1) is 0 Å². The molecule has 0 aromatic heterocycles. The summed E-state index contributed by atoms with van der Waals surface area (Å²) in [5.41, 5.74) is 3.50. The SMILES string of the molecule is c1ccc(CCN2C[C@@H]3OC(c4ccccc4)(c4ccccc4)O[C@@H]3C2)cc1. The summed E-state index contributed by atoms with van der Waals surface area (Å²) in [7, 11) is 0. The fourth-order valence-corrected chi connectivity index (χ4v) is 4.37. The Balaban J connectivity index is 1.33. The molecule has 0 spiro atoms. The van der Waals surface area contributed by atoms with Crippen LogP contribution in [0.5, 0.6) is 0 Å². The highest BCUT2D eigenvalue weighted by Crippen LogP contribution is 2.45. The van der Waals surface area contributed by atoms with Crippen LogP contribution >= 0.6 is 0 Å². The van der Waals surface area contributed by atoms with Crippen molar-refractivity contribution in [2.45, 2.75) is 24.4 Å². The van der Waals surface area contributed by atoms with Crippen molar-refractivity contribution in [1.82, 2.24) is 4.90 Å². The minimum absolute atomic E-state index is 0.0937. The summed E-state index contributed by atoms with van der Waals surface area (Å²) in [6, 6.07) is 31.3. The van der Waals surface area contributed by atoms with Crippen molar-refractivity contribution in [1.29, 1.82) is 0 Å². The number of benzene rings is 3. The van der Waals surface area contributed by atoms with E-state index in [1.807, 2.05) is 36.4 Å². The third kappa shape index (κ3) is 3.26. The van der Waals surface area contributed by atoms with Crippen molar-refractivity contribution >= 4 is 0 Å². The van der Waals surface area contributed by atoms with Crippen LogP contribution in [0.25, 0.3) is 0 Å². The largest absolute Gasteiger partial charge is 0.335 e. The summed E-state index contributed by atoms with van der Waals surface area (Å²) in [5, 5.41) is 0. The quantitative estimate of drug-likeness (QED) is 0.670. The van der Waals surface area contributed by atoms with Gasteiger partial charge in [-0.2, -0.15) is 0 Å². The highest BCUT2D eigenvalue weighted by Gasteiger charge is 2.53. The lowest BCUT2D eigenvalue weighted by molar-refractivity contribution is -0.159. The van der Waals surface area contributed by atoms with Crippen LogP contribution in [0, 0.1) is 0 Å². The maximum absolute atomic E-state index is 6.66. The fraction of sp³-hybridized carbons (Fsp3) is 0.280. The first-order valence-corrected chi connectivity index (χ1v) is 10.1. The molecule has 2 heterocycles. The van der Waals surface area contributed by atoms with Gasteiger partial charge in [-0.1, -0.05) is 91.0 Å². The molecule has 0 amide bonds. The predicted molar refractivity (Wildman–Crippen MR) is 110 cm³/mol. The Labute approximate surface area is 166 Å².